The summed E-state index contributed by atoms with van der Waals surface area (Å²) in [5.41, 5.74) is 1.99. The van der Waals surface area contributed by atoms with Crippen LogP contribution in [0.25, 0.3) is 0 Å². The average molecular weight is 497 g/mol. The molecule has 160 valence electrons. The van der Waals surface area contributed by atoms with Gasteiger partial charge in [-0.15, -0.1) is 11.6 Å². The summed E-state index contributed by atoms with van der Waals surface area (Å²) in [6.07, 6.45) is 1.17. The van der Waals surface area contributed by atoms with E-state index in [4.69, 9.17) is 16.3 Å². The third-order valence-electron chi connectivity index (χ3n) is 4.34. The largest absolute Gasteiger partial charge is 0.465 e. The average Bonchev–Trinajstić information content (AvgIpc) is 2.73. The molecule has 2 N–H and O–H groups in total. The fourth-order valence-electron chi connectivity index (χ4n) is 2.81. The number of aryl methyl sites for hydroxylation is 2. The lowest BCUT2D eigenvalue weighted by Crippen LogP contribution is -2.29. The number of anilines is 1. The molecule has 2 rings (SSSR count). The zero-order valence-corrected chi connectivity index (χ0v) is 19.3. The molecule has 2 aromatic rings. The summed E-state index contributed by atoms with van der Waals surface area (Å²) in [7, 11) is 1.27. The lowest BCUT2D eigenvalue weighted by Gasteiger charge is -2.16. The molecule has 1 aromatic heterocycles. The third-order valence-corrected chi connectivity index (χ3v) is 5.27. The second kappa shape index (κ2) is 11.1. The Bertz CT molecular complexity index is 966. The fourth-order valence-corrected chi connectivity index (χ4v) is 3.43. The van der Waals surface area contributed by atoms with E-state index in [1.807, 2.05) is 6.92 Å². The number of nitrogens with one attached hydrogen (secondary N) is 2. The van der Waals surface area contributed by atoms with Crippen molar-refractivity contribution in [2.75, 3.05) is 24.9 Å². The van der Waals surface area contributed by atoms with Crippen molar-refractivity contribution in [3.8, 4) is 0 Å². The number of carbonyl (C=O) groups excluding carboxylic acids is 3. The SMILES string of the molecule is CCc1ccc(Br)c(C(=O)OC)c1NC(=O)c1ccc(C)nc1C(=O)NCCCCl. The van der Waals surface area contributed by atoms with Gasteiger partial charge < -0.3 is 15.4 Å². The minimum absolute atomic E-state index is 0.00901. The van der Waals surface area contributed by atoms with Crippen LogP contribution in [0.3, 0.4) is 0 Å². The summed E-state index contributed by atoms with van der Waals surface area (Å²) in [6.45, 7) is 4.01. The molecular formula is C21H23BrClN3O4. The lowest BCUT2D eigenvalue weighted by molar-refractivity contribution is 0.0600. The molecule has 0 unspecified atom stereocenters. The van der Waals surface area contributed by atoms with Crippen LogP contribution in [-0.2, 0) is 11.2 Å². The summed E-state index contributed by atoms with van der Waals surface area (Å²) in [6, 6.07) is 6.71. The number of rotatable bonds is 8. The van der Waals surface area contributed by atoms with E-state index in [1.165, 1.54) is 13.2 Å². The van der Waals surface area contributed by atoms with E-state index in [0.29, 0.717) is 41.1 Å². The number of hydrogen-bond donors (Lipinski definition) is 2. The molecule has 0 aliphatic heterocycles. The Morgan fingerprint density at radius 2 is 1.90 bits per heavy atom. The number of alkyl halides is 1. The van der Waals surface area contributed by atoms with E-state index in [2.05, 4.69) is 31.5 Å². The highest BCUT2D eigenvalue weighted by molar-refractivity contribution is 9.10. The van der Waals surface area contributed by atoms with Crippen molar-refractivity contribution < 1.29 is 19.1 Å². The van der Waals surface area contributed by atoms with E-state index < -0.39 is 17.8 Å². The van der Waals surface area contributed by atoms with Crippen LogP contribution in [0.1, 0.15) is 55.8 Å². The number of esters is 1. The molecule has 0 saturated carbocycles. The van der Waals surface area contributed by atoms with Crippen molar-refractivity contribution in [1.82, 2.24) is 10.3 Å². The van der Waals surface area contributed by atoms with E-state index in [0.717, 1.165) is 5.56 Å². The summed E-state index contributed by atoms with van der Waals surface area (Å²) in [4.78, 5) is 42.2. The van der Waals surface area contributed by atoms with E-state index in [-0.39, 0.29) is 16.8 Å². The monoisotopic (exact) mass is 495 g/mol. The number of methoxy groups -OCH3 is 1. The van der Waals surface area contributed by atoms with Gasteiger partial charge >= 0.3 is 5.97 Å². The van der Waals surface area contributed by atoms with Crippen LogP contribution in [0.15, 0.2) is 28.7 Å². The van der Waals surface area contributed by atoms with Gasteiger partial charge in [0.1, 0.15) is 5.69 Å². The number of amides is 2. The molecule has 30 heavy (non-hydrogen) atoms. The van der Waals surface area contributed by atoms with Crippen LogP contribution in [0.5, 0.6) is 0 Å². The minimum atomic E-state index is -0.589. The zero-order valence-electron chi connectivity index (χ0n) is 17.0. The highest BCUT2D eigenvalue weighted by Crippen LogP contribution is 2.30. The number of ether oxygens (including phenoxy) is 1. The van der Waals surface area contributed by atoms with Crippen molar-refractivity contribution in [3.05, 3.63) is 56.8 Å². The van der Waals surface area contributed by atoms with Crippen molar-refractivity contribution in [2.24, 2.45) is 0 Å². The number of nitrogens with zero attached hydrogens (tertiary/aromatic N) is 1. The minimum Gasteiger partial charge on any atom is -0.465 e. The highest BCUT2D eigenvalue weighted by atomic mass is 79.9. The normalized spacial score (nSPS) is 10.4. The fraction of sp³-hybridized carbons (Fsp3) is 0.333. The lowest BCUT2D eigenvalue weighted by atomic mass is 10.0. The summed E-state index contributed by atoms with van der Waals surface area (Å²) >= 11 is 8.99. The standard InChI is InChI=1S/C21H23BrClN3O4/c1-4-13-7-9-15(22)16(21(29)30-3)17(13)26-19(27)14-8-6-12(2)25-18(14)20(28)24-11-5-10-23/h6-9H,4-5,10-11H2,1-3H3,(H,24,28)(H,26,27). The van der Waals surface area contributed by atoms with Crippen LogP contribution in [0, 0.1) is 6.92 Å². The molecule has 1 aromatic carbocycles. The van der Waals surface area contributed by atoms with Crippen LogP contribution in [0.4, 0.5) is 5.69 Å². The molecule has 0 radical (unpaired) electrons. The van der Waals surface area contributed by atoms with Gasteiger partial charge in [0.05, 0.1) is 23.9 Å². The number of hydrogen-bond acceptors (Lipinski definition) is 5. The second-order valence-corrected chi connectivity index (χ2v) is 7.64. The van der Waals surface area contributed by atoms with Gasteiger partial charge in [-0.25, -0.2) is 9.78 Å². The summed E-state index contributed by atoms with van der Waals surface area (Å²) in [5, 5.41) is 5.48. The van der Waals surface area contributed by atoms with E-state index in [1.54, 1.807) is 25.1 Å². The molecule has 9 heteroatoms. The van der Waals surface area contributed by atoms with Gasteiger partial charge in [-0.2, -0.15) is 0 Å². The molecule has 0 atom stereocenters. The Kier molecular flexibility index (Phi) is 8.80. The Labute approximate surface area is 188 Å². The van der Waals surface area contributed by atoms with Crippen LogP contribution >= 0.6 is 27.5 Å². The smallest absolute Gasteiger partial charge is 0.341 e. The molecule has 0 aliphatic rings. The number of halogens is 2. The first-order valence-electron chi connectivity index (χ1n) is 9.36. The molecule has 2 amide bonds. The maximum absolute atomic E-state index is 13.1. The summed E-state index contributed by atoms with van der Waals surface area (Å²) < 4.78 is 5.36. The van der Waals surface area contributed by atoms with Crippen molar-refractivity contribution >= 4 is 51.0 Å². The van der Waals surface area contributed by atoms with Gasteiger partial charge in [-0.3, -0.25) is 9.59 Å². The van der Waals surface area contributed by atoms with E-state index in [9.17, 15) is 14.4 Å². The molecule has 0 fully saturated rings. The Balaban J connectivity index is 2.45. The summed E-state index contributed by atoms with van der Waals surface area (Å²) in [5.74, 6) is -1.20. The first-order chi connectivity index (χ1) is 14.3. The van der Waals surface area contributed by atoms with Gasteiger partial charge in [0.25, 0.3) is 11.8 Å². The molecule has 0 aliphatic carbocycles. The van der Waals surface area contributed by atoms with Crippen LogP contribution < -0.4 is 10.6 Å². The van der Waals surface area contributed by atoms with Gasteiger partial charge in [-0.05, 0) is 59.5 Å². The molecule has 7 nitrogen and oxygen atoms in total. The first kappa shape index (κ1) is 23.8. The van der Waals surface area contributed by atoms with Crippen molar-refractivity contribution in [3.63, 3.8) is 0 Å². The molecular weight excluding hydrogens is 474 g/mol. The first-order valence-corrected chi connectivity index (χ1v) is 10.7. The zero-order chi connectivity index (χ0) is 22.3. The van der Waals surface area contributed by atoms with Gasteiger partial charge in [0.15, 0.2) is 0 Å². The Morgan fingerprint density at radius 3 is 2.53 bits per heavy atom. The molecule has 0 saturated heterocycles. The number of aromatic nitrogens is 1. The van der Waals surface area contributed by atoms with Crippen molar-refractivity contribution in [2.45, 2.75) is 26.7 Å². The van der Waals surface area contributed by atoms with Crippen LogP contribution in [0.2, 0.25) is 0 Å². The second-order valence-electron chi connectivity index (χ2n) is 6.40. The number of benzene rings is 1. The molecule has 0 bridgehead atoms. The van der Waals surface area contributed by atoms with Crippen LogP contribution in [-0.4, -0.2) is 42.3 Å². The predicted molar refractivity (Wildman–Crippen MR) is 119 cm³/mol. The maximum Gasteiger partial charge on any atom is 0.341 e. The third kappa shape index (κ3) is 5.58. The van der Waals surface area contributed by atoms with Gasteiger partial charge in [0, 0.05) is 22.6 Å². The highest BCUT2D eigenvalue weighted by Gasteiger charge is 2.24. The van der Waals surface area contributed by atoms with Gasteiger partial charge in [0.2, 0.25) is 0 Å². The van der Waals surface area contributed by atoms with E-state index >= 15 is 0 Å². The Hall–Kier alpha value is -2.45. The molecule has 0 spiro atoms. The number of pyridine rings is 1. The Morgan fingerprint density at radius 1 is 1.17 bits per heavy atom. The predicted octanol–water partition coefficient (Wildman–Crippen LogP) is 4.11. The quantitative estimate of drug-likeness (QED) is 0.326. The molecule has 1 heterocycles. The number of carbonyl (C=O) groups is 3. The topological polar surface area (TPSA) is 97.4 Å². The van der Waals surface area contributed by atoms with Crippen molar-refractivity contribution in [1.29, 1.82) is 0 Å². The van der Waals surface area contributed by atoms with Gasteiger partial charge in [-0.1, -0.05) is 13.0 Å². The maximum atomic E-state index is 13.1.